The molecule has 3 aromatic carbocycles. The predicted octanol–water partition coefficient (Wildman–Crippen LogP) is 5.98. The third-order valence-corrected chi connectivity index (χ3v) is 8.52. The number of likely N-dealkylation sites (tertiary alicyclic amines) is 1. The maximum atomic E-state index is 13.6. The lowest BCUT2D eigenvalue weighted by Crippen LogP contribution is -2.35. The first-order valence-corrected chi connectivity index (χ1v) is 13.0. The molecule has 2 aliphatic rings. The Morgan fingerprint density at radius 3 is 2.53 bits per heavy atom. The van der Waals surface area contributed by atoms with E-state index in [4.69, 9.17) is 0 Å². The molecule has 1 saturated heterocycles. The third-order valence-electron chi connectivity index (χ3n) is 8.52. The lowest BCUT2D eigenvalue weighted by Gasteiger charge is -2.26. The number of pyridine rings is 1. The highest BCUT2D eigenvalue weighted by Crippen LogP contribution is 2.69. The average molecular weight is 503 g/mol. The summed E-state index contributed by atoms with van der Waals surface area (Å²) in [6.07, 6.45) is 3.57. The second-order valence-corrected chi connectivity index (χ2v) is 10.6. The minimum Gasteiger partial charge on any atom is -0.336 e. The van der Waals surface area contributed by atoms with E-state index in [-0.39, 0.29) is 17.1 Å². The van der Waals surface area contributed by atoms with Gasteiger partial charge in [-0.25, -0.2) is 9.07 Å². The molecule has 1 aliphatic heterocycles. The van der Waals surface area contributed by atoms with Gasteiger partial charge in [0.05, 0.1) is 17.4 Å². The molecule has 2 aromatic heterocycles. The molecule has 1 aliphatic carbocycles. The fraction of sp³-hybridized carbons (Fsp3) is 0.219. The van der Waals surface area contributed by atoms with Crippen molar-refractivity contribution in [2.75, 3.05) is 13.1 Å². The van der Waals surface area contributed by atoms with Gasteiger partial charge in [-0.05, 0) is 84.5 Å². The fourth-order valence-corrected chi connectivity index (χ4v) is 6.74. The number of benzene rings is 3. The van der Waals surface area contributed by atoms with Crippen molar-refractivity contribution in [1.82, 2.24) is 19.7 Å². The number of aryl methyl sites for hydroxylation is 2. The first-order chi connectivity index (χ1) is 18.5. The molecule has 7 rings (SSSR count). The molecule has 5 aromatic rings. The third kappa shape index (κ3) is 3.33. The topological polar surface area (TPSA) is 51.0 Å². The minimum absolute atomic E-state index is 0.00403. The molecule has 3 heterocycles. The van der Waals surface area contributed by atoms with Crippen LogP contribution >= 0.6 is 0 Å². The number of halogens is 1. The first kappa shape index (κ1) is 22.8. The molecule has 0 bridgehead atoms. The Balaban J connectivity index is 1.31. The quantitative estimate of drug-likeness (QED) is 0.304. The number of carbonyl (C=O) groups is 1. The summed E-state index contributed by atoms with van der Waals surface area (Å²) in [7, 11) is 0. The summed E-state index contributed by atoms with van der Waals surface area (Å²) in [6, 6.07) is 25.3. The number of hydrogen-bond acceptors (Lipinski definition) is 3. The van der Waals surface area contributed by atoms with Crippen LogP contribution in [0.5, 0.6) is 0 Å². The zero-order valence-electron chi connectivity index (χ0n) is 21.3. The van der Waals surface area contributed by atoms with Crippen LogP contribution in [0.25, 0.3) is 16.6 Å². The monoisotopic (exact) mass is 502 g/mol. The zero-order valence-corrected chi connectivity index (χ0v) is 21.3. The molecule has 2 fully saturated rings. The Labute approximate surface area is 220 Å². The van der Waals surface area contributed by atoms with Gasteiger partial charge in [0.15, 0.2) is 0 Å². The molecule has 1 amide bonds. The van der Waals surface area contributed by atoms with Gasteiger partial charge >= 0.3 is 0 Å². The summed E-state index contributed by atoms with van der Waals surface area (Å²) in [5, 5.41) is 5.67. The summed E-state index contributed by atoms with van der Waals surface area (Å²) < 4.78 is 15.4. The summed E-state index contributed by atoms with van der Waals surface area (Å²) >= 11 is 0. The van der Waals surface area contributed by atoms with E-state index in [0.717, 1.165) is 22.2 Å². The van der Waals surface area contributed by atoms with Crippen molar-refractivity contribution in [1.29, 1.82) is 0 Å². The number of fused-ring (bicyclic) bond motifs is 2. The second kappa shape index (κ2) is 8.35. The van der Waals surface area contributed by atoms with Gasteiger partial charge in [-0.1, -0.05) is 36.4 Å². The van der Waals surface area contributed by atoms with Crippen LogP contribution in [-0.4, -0.2) is 38.7 Å². The Morgan fingerprint density at radius 2 is 1.76 bits per heavy atom. The van der Waals surface area contributed by atoms with Crippen LogP contribution in [-0.2, 0) is 5.41 Å². The summed E-state index contributed by atoms with van der Waals surface area (Å²) in [5.41, 5.74) is 6.85. The molecular formula is C32H27FN4O. The highest BCUT2D eigenvalue weighted by molar-refractivity contribution is 5.94. The molecule has 0 unspecified atom stereocenters. The standard InChI is InChI=1S/C32H27FN4O/c1-20-7-6-14-34-30(20)31(38)36-18-27-29(22-8-4-3-5-9-22)32(27,19-36)26-16-23-17-35-37(28(23)15-21(26)2)25-12-10-24(33)11-13-25/h3-17,27,29H,18-19H2,1-2H3/t27-,29-,32+/m0/s1. The van der Waals surface area contributed by atoms with Crippen molar-refractivity contribution in [3.63, 3.8) is 0 Å². The molecule has 1 saturated carbocycles. The van der Waals surface area contributed by atoms with Crippen LogP contribution in [0.3, 0.4) is 0 Å². The van der Waals surface area contributed by atoms with Crippen molar-refractivity contribution in [2.45, 2.75) is 25.2 Å². The SMILES string of the molecule is Cc1cc2c(cnn2-c2ccc(F)cc2)cc1[C@]12CN(C(=O)c3ncccc3C)C[C@H]1[C@@H]2c1ccccc1. The van der Waals surface area contributed by atoms with E-state index >= 15 is 0 Å². The predicted molar refractivity (Wildman–Crippen MR) is 145 cm³/mol. The number of piperidine rings is 1. The van der Waals surface area contributed by atoms with Crippen LogP contribution in [0.15, 0.2) is 91.3 Å². The smallest absolute Gasteiger partial charge is 0.272 e. The Hall–Kier alpha value is -4.32. The Kier molecular flexibility index (Phi) is 5.02. The average Bonchev–Trinajstić information content (AvgIpc) is 3.19. The summed E-state index contributed by atoms with van der Waals surface area (Å²) in [6.45, 7) is 5.46. The molecule has 0 radical (unpaired) electrons. The van der Waals surface area contributed by atoms with E-state index in [1.54, 1.807) is 18.3 Å². The van der Waals surface area contributed by atoms with Gasteiger partial charge in [-0.2, -0.15) is 5.10 Å². The van der Waals surface area contributed by atoms with Gasteiger partial charge < -0.3 is 4.90 Å². The molecule has 5 nitrogen and oxygen atoms in total. The normalized spacial score (nSPS) is 22.0. The van der Waals surface area contributed by atoms with E-state index in [1.807, 2.05) is 34.8 Å². The Morgan fingerprint density at radius 1 is 0.974 bits per heavy atom. The van der Waals surface area contributed by atoms with Gasteiger partial charge in [0.2, 0.25) is 0 Å². The molecule has 0 spiro atoms. The molecule has 188 valence electrons. The molecule has 3 atom stereocenters. The maximum Gasteiger partial charge on any atom is 0.272 e. The number of aromatic nitrogens is 3. The highest BCUT2D eigenvalue weighted by atomic mass is 19.1. The zero-order chi connectivity index (χ0) is 26.0. The van der Waals surface area contributed by atoms with Gasteiger partial charge in [-0.3, -0.25) is 9.78 Å². The van der Waals surface area contributed by atoms with Crippen molar-refractivity contribution >= 4 is 16.8 Å². The van der Waals surface area contributed by atoms with Gasteiger partial charge in [-0.15, -0.1) is 0 Å². The molecule has 38 heavy (non-hydrogen) atoms. The summed E-state index contributed by atoms with van der Waals surface area (Å²) in [5.74, 6) is 0.419. The number of hydrogen-bond donors (Lipinski definition) is 0. The minimum atomic E-state index is -0.268. The van der Waals surface area contributed by atoms with Crippen molar-refractivity contribution in [3.8, 4) is 5.69 Å². The number of nitrogens with zero attached hydrogens (tertiary/aromatic N) is 4. The van der Waals surface area contributed by atoms with Crippen LogP contribution in [0.1, 0.15) is 38.7 Å². The summed E-state index contributed by atoms with van der Waals surface area (Å²) in [4.78, 5) is 20.0. The van der Waals surface area contributed by atoms with Crippen LogP contribution in [0.2, 0.25) is 0 Å². The van der Waals surface area contributed by atoms with Gasteiger partial charge in [0.25, 0.3) is 5.91 Å². The maximum absolute atomic E-state index is 13.6. The van der Waals surface area contributed by atoms with Gasteiger partial charge in [0.1, 0.15) is 11.5 Å². The van der Waals surface area contributed by atoms with Crippen molar-refractivity contribution in [3.05, 3.63) is 125 Å². The molecule has 0 N–H and O–H groups in total. The van der Waals surface area contributed by atoms with E-state index in [2.05, 4.69) is 59.5 Å². The fourth-order valence-electron chi connectivity index (χ4n) is 6.74. The van der Waals surface area contributed by atoms with Crippen molar-refractivity contribution < 1.29 is 9.18 Å². The number of carbonyl (C=O) groups excluding carboxylic acids is 1. The Bertz CT molecular complexity index is 1690. The first-order valence-electron chi connectivity index (χ1n) is 13.0. The van der Waals surface area contributed by atoms with E-state index in [0.29, 0.717) is 30.6 Å². The van der Waals surface area contributed by atoms with Crippen LogP contribution in [0.4, 0.5) is 4.39 Å². The van der Waals surface area contributed by atoms with Gasteiger partial charge in [0, 0.05) is 36.0 Å². The molecular weight excluding hydrogens is 475 g/mol. The van der Waals surface area contributed by atoms with Crippen molar-refractivity contribution in [2.24, 2.45) is 5.92 Å². The number of rotatable bonds is 4. The van der Waals surface area contributed by atoms with Crippen LogP contribution < -0.4 is 0 Å². The lowest BCUT2D eigenvalue weighted by molar-refractivity contribution is 0.0762. The van der Waals surface area contributed by atoms with Crippen LogP contribution in [0, 0.1) is 25.6 Å². The van der Waals surface area contributed by atoms with E-state index in [9.17, 15) is 9.18 Å². The van der Waals surface area contributed by atoms with E-state index in [1.165, 1.54) is 28.8 Å². The lowest BCUT2D eigenvalue weighted by atomic mass is 9.86. The number of amides is 1. The largest absolute Gasteiger partial charge is 0.336 e. The highest BCUT2D eigenvalue weighted by Gasteiger charge is 2.71. The van der Waals surface area contributed by atoms with E-state index < -0.39 is 0 Å². The molecule has 6 heteroatoms. The second-order valence-electron chi connectivity index (χ2n) is 10.6.